The van der Waals surface area contributed by atoms with Crippen LogP contribution in [0.2, 0.25) is 5.02 Å². The number of para-hydroxylation sites is 1. The van der Waals surface area contributed by atoms with Crippen molar-refractivity contribution in [3.05, 3.63) is 85.4 Å². The van der Waals surface area contributed by atoms with Gasteiger partial charge in [0.25, 0.3) is 5.91 Å². The highest BCUT2D eigenvalue weighted by atomic mass is 35.5. The van der Waals surface area contributed by atoms with Crippen LogP contribution in [0, 0.1) is 17.8 Å². The average molecular weight is 483 g/mol. The lowest BCUT2D eigenvalue weighted by atomic mass is 10.2. The Hall–Kier alpha value is -3.27. The molecule has 0 aliphatic heterocycles. The van der Waals surface area contributed by atoms with Crippen molar-refractivity contribution in [3.63, 3.8) is 0 Å². The number of benzene rings is 2. The van der Waals surface area contributed by atoms with Gasteiger partial charge in [-0.05, 0) is 62.5 Å². The number of nitrogen functional groups attached to an aromatic ring is 1. The van der Waals surface area contributed by atoms with Gasteiger partial charge in [-0.3, -0.25) is 9.36 Å². The third-order valence-electron chi connectivity index (χ3n) is 4.84. The predicted octanol–water partition coefficient (Wildman–Crippen LogP) is 5.07. The molecule has 2 aromatic heterocycles. The SMILES string of the molecule is Cc1nn(-c2ccccc2)c(C)c1/C=N/NC(=O)c1sc(=S)n(-c2ccc(Cl)cc2)c1N. The number of carbonyl (C=O) groups excluding carboxylic acids is 1. The second-order valence-corrected chi connectivity index (χ2v) is 9.01. The minimum Gasteiger partial charge on any atom is -0.383 e. The molecule has 0 saturated carbocycles. The molecule has 0 bridgehead atoms. The number of nitrogens with one attached hydrogen (secondary N) is 1. The number of anilines is 1. The van der Waals surface area contributed by atoms with E-state index in [4.69, 9.17) is 29.6 Å². The van der Waals surface area contributed by atoms with E-state index < -0.39 is 5.91 Å². The van der Waals surface area contributed by atoms with Gasteiger partial charge >= 0.3 is 0 Å². The minimum atomic E-state index is -0.437. The van der Waals surface area contributed by atoms with Crippen molar-refractivity contribution in [1.82, 2.24) is 19.8 Å². The number of hydrogen-bond acceptors (Lipinski definition) is 6. The van der Waals surface area contributed by atoms with E-state index in [1.165, 1.54) is 0 Å². The zero-order chi connectivity index (χ0) is 22.8. The summed E-state index contributed by atoms with van der Waals surface area (Å²) in [5, 5.41) is 9.30. The first-order valence-corrected chi connectivity index (χ1v) is 11.2. The molecule has 32 heavy (non-hydrogen) atoms. The zero-order valence-electron chi connectivity index (χ0n) is 17.2. The summed E-state index contributed by atoms with van der Waals surface area (Å²) in [5.74, 6) is -0.187. The monoisotopic (exact) mass is 482 g/mol. The summed E-state index contributed by atoms with van der Waals surface area (Å²) in [6, 6.07) is 16.9. The van der Waals surface area contributed by atoms with E-state index >= 15 is 0 Å². The van der Waals surface area contributed by atoms with Crippen LogP contribution in [-0.4, -0.2) is 26.5 Å². The van der Waals surface area contributed by atoms with E-state index in [2.05, 4.69) is 15.6 Å². The van der Waals surface area contributed by atoms with E-state index in [9.17, 15) is 4.79 Å². The van der Waals surface area contributed by atoms with Crippen LogP contribution in [0.1, 0.15) is 26.6 Å². The number of rotatable bonds is 5. The predicted molar refractivity (Wildman–Crippen MR) is 132 cm³/mol. The van der Waals surface area contributed by atoms with Gasteiger partial charge in [0, 0.05) is 16.3 Å². The fourth-order valence-corrected chi connectivity index (χ4v) is 4.63. The van der Waals surface area contributed by atoms with Crippen LogP contribution >= 0.6 is 35.2 Å². The van der Waals surface area contributed by atoms with Gasteiger partial charge in [-0.25, -0.2) is 10.1 Å². The molecule has 2 aromatic carbocycles. The molecule has 4 rings (SSSR count). The number of amides is 1. The topological polar surface area (TPSA) is 90.2 Å². The van der Waals surface area contributed by atoms with Crippen LogP contribution in [0.5, 0.6) is 0 Å². The molecule has 0 aliphatic carbocycles. The zero-order valence-corrected chi connectivity index (χ0v) is 19.6. The minimum absolute atomic E-state index is 0.249. The van der Waals surface area contributed by atoms with Crippen LogP contribution in [0.15, 0.2) is 59.7 Å². The largest absolute Gasteiger partial charge is 0.383 e. The molecule has 0 radical (unpaired) electrons. The second-order valence-electron chi connectivity index (χ2n) is 6.93. The number of aryl methyl sites for hydroxylation is 1. The highest BCUT2D eigenvalue weighted by Crippen LogP contribution is 2.27. The van der Waals surface area contributed by atoms with Gasteiger partial charge in [0.05, 0.1) is 23.3 Å². The number of thiazole rings is 1. The van der Waals surface area contributed by atoms with Crippen molar-refractivity contribution in [2.45, 2.75) is 13.8 Å². The van der Waals surface area contributed by atoms with Crippen LogP contribution in [0.4, 0.5) is 5.82 Å². The van der Waals surface area contributed by atoms with Crippen molar-refractivity contribution in [2.75, 3.05) is 5.73 Å². The van der Waals surface area contributed by atoms with E-state index in [-0.39, 0.29) is 10.7 Å². The summed E-state index contributed by atoms with van der Waals surface area (Å²) in [4.78, 5) is 13.0. The van der Waals surface area contributed by atoms with Crippen LogP contribution in [-0.2, 0) is 0 Å². The van der Waals surface area contributed by atoms with Crippen molar-refractivity contribution in [2.24, 2.45) is 5.10 Å². The van der Waals surface area contributed by atoms with E-state index in [1.807, 2.05) is 48.9 Å². The van der Waals surface area contributed by atoms with Gasteiger partial charge < -0.3 is 5.73 Å². The number of aromatic nitrogens is 3. The summed E-state index contributed by atoms with van der Waals surface area (Å²) in [7, 11) is 0. The maximum atomic E-state index is 12.7. The van der Waals surface area contributed by atoms with Crippen LogP contribution in [0.3, 0.4) is 0 Å². The van der Waals surface area contributed by atoms with Gasteiger partial charge in [0.1, 0.15) is 10.7 Å². The highest BCUT2D eigenvalue weighted by Gasteiger charge is 2.18. The summed E-state index contributed by atoms with van der Waals surface area (Å²) in [6.07, 6.45) is 1.58. The third kappa shape index (κ3) is 4.22. The molecule has 0 aliphatic rings. The highest BCUT2D eigenvalue weighted by molar-refractivity contribution is 7.73. The van der Waals surface area contributed by atoms with Crippen LogP contribution in [0.25, 0.3) is 11.4 Å². The second kappa shape index (κ2) is 9.07. The molecular weight excluding hydrogens is 464 g/mol. The Kier molecular flexibility index (Phi) is 6.22. The number of hydrazone groups is 1. The molecule has 0 fully saturated rings. The van der Waals surface area contributed by atoms with Crippen molar-refractivity contribution >= 4 is 53.1 Å². The molecule has 10 heteroatoms. The first-order valence-electron chi connectivity index (χ1n) is 9.59. The van der Waals surface area contributed by atoms with Gasteiger partial charge in [0.2, 0.25) is 0 Å². The summed E-state index contributed by atoms with van der Waals surface area (Å²) in [6.45, 7) is 3.84. The summed E-state index contributed by atoms with van der Waals surface area (Å²) in [5.41, 5.74) is 13.0. The fraction of sp³-hybridized carbons (Fsp3) is 0.0909. The van der Waals surface area contributed by atoms with Crippen molar-refractivity contribution in [1.29, 1.82) is 0 Å². The molecule has 7 nitrogen and oxygen atoms in total. The maximum absolute atomic E-state index is 12.7. The first-order chi connectivity index (χ1) is 15.4. The molecule has 2 heterocycles. The van der Waals surface area contributed by atoms with Crippen LogP contribution < -0.4 is 11.2 Å². The Morgan fingerprint density at radius 2 is 1.84 bits per heavy atom. The molecule has 0 unspecified atom stereocenters. The Morgan fingerprint density at radius 3 is 2.53 bits per heavy atom. The Bertz CT molecular complexity index is 1370. The summed E-state index contributed by atoms with van der Waals surface area (Å²) < 4.78 is 3.93. The summed E-state index contributed by atoms with van der Waals surface area (Å²) >= 11 is 12.5. The number of halogens is 1. The van der Waals surface area contributed by atoms with E-state index in [0.29, 0.717) is 8.98 Å². The van der Waals surface area contributed by atoms with Crippen molar-refractivity contribution in [3.8, 4) is 11.4 Å². The molecule has 162 valence electrons. The molecule has 0 spiro atoms. The smallest absolute Gasteiger partial charge is 0.285 e. The molecule has 0 saturated heterocycles. The lowest BCUT2D eigenvalue weighted by Crippen LogP contribution is -2.18. The van der Waals surface area contributed by atoms with Gasteiger partial charge in [-0.2, -0.15) is 10.2 Å². The fourth-order valence-electron chi connectivity index (χ4n) is 3.25. The average Bonchev–Trinajstić information content (AvgIpc) is 3.24. The number of nitrogens with two attached hydrogens (primary N) is 1. The Morgan fingerprint density at radius 1 is 1.16 bits per heavy atom. The Balaban J connectivity index is 1.55. The first kappa shape index (κ1) is 21.9. The molecule has 0 atom stereocenters. The normalized spacial score (nSPS) is 11.2. The molecule has 1 amide bonds. The third-order valence-corrected chi connectivity index (χ3v) is 6.48. The molecular formula is C22H19ClN6OS2. The molecule has 4 aromatic rings. The Labute approximate surface area is 198 Å². The van der Waals surface area contributed by atoms with Gasteiger partial charge in [-0.15, -0.1) is 0 Å². The lowest BCUT2D eigenvalue weighted by molar-refractivity contribution is 0.0959. The lowest BCUT2D eigenvalue weighted by Gasteiger charge is -2.06. The van der Waals surface area contributed by atoms with Crippen molar-refractivity contribution < 1.29 is 4.79 Å². The van der Waals surface area contributed by atoms with Gasteiger partial charge in [0.15, 0.2) is 3.95 Å². The number of hydrogen-bond donors (Lipinski definition) is 2. The number of nitrogens with zero attached hydrogens (tertiary/aromatic N) is 4. The van der Waals surface area contributed by atoms with Gasteiger partial charge in [-0.1, -0.05) is 41.1 Å². The van der Waals surface area contributed by atoms with E-state index in [1.54, 1.807) is 35.0 Å². The maximum Gasteiger partial charge on any atom is 0.285 e. The van der Waals surface area contributed by atoms with E-state index in [0.717, 1.165) is 39.7 Å². The quantitative estimate of drug-likeness (QED) is 0.236. The standard InChI is InChI=1S/C22H19ClN6OS2/c1-13-18(14(2)29(27-13)17-6-4-3-5-7-17)12-25-26-21(30)19-20(24)28(22(31)32-19)16-10-8-15(23)9-11-16/h3-12H,24H2,1-2H3,(H,26,30)/b25-12+. The molecule has 3 N–H and O–H groups in total. The number of carbonyl (C=O) groups is 1.